The molecular weight excluding hydrogens is 286 g/mol. The quantitative estimate of drug-likeness (QED) is 0.610. The summed E-state index contributed by atoms with van der Waals surface area (Å²) in [4.78, 5) is 0. The summed E-state index contributed by atoms with van der Waals surface area (Å²) in [5.41, 5.74) is 4.13. The number of nitrogens with zero attached hydrogens (tertiary/aromatic N) is 1. The first-order valence-electron chi connectivity index (χ1n) is 7.44. The van der Waals surface area contributed by atoms with Gasteiger partial charge in [-0.05, 0) is 37.2 Å². The molecule has 0 spiro atoms. The zero-order valence-corrected chi connectivity index (χ0v) is 13.3. The number of sulfonamides is 1. The molecule has 1 saturated heterocycles. The lowest BCUT2D eigenvalue weighted by Crippen LogP contribution is -2.43. The monoisotopic (exact) mass is 311 g/mol. The van der Waals surface area contributed by atoms with E-state index in [0.29, 0.717) is 19.0 Å². The first kappa shape index (κ1) is 16.4. The van der Waals surface area contributed by atoms with Gasteiger partial charge in [0.15, 0.2) is 0 Å². The minimum atomic E-state index is -3.08. The first-order chi connectivity index (χ1) is 9.99. The molecule has 2 unspecified atom stereocenters. The van der Waals surface area contributed by atoms with Crippen molar-refractivity contribution in [3.05, 3.63) is 35.9 Å². The van der Waals surface area contributed by atoms with Crippen molar-refractivity contribution in [2.45, 2.75) is 31.7 Å². The van der Waals surface area contributed by atoms with Gasteiger partial charge in [0, 0.05) is 19.1 Å². The molecule has 21 heavy (non-hydrogen) atoms. The molecule has 0 saturated carbocycles. The molecule has 2 atom stereocenters. The second-order valence-electron chi connectivity index (χ2n) is 5.92. The smallest absolute Gasteiger partial charge is 0.211 e. The molecule has 0 radical (unpaired) electrons. The third-order valence-electron chi connectivity index (χ3n) is 4.13. The number of nitrogens with one attached hydrogen (secondary N) is 1. The van der Waals surface area contributed by atoms with E-state index in [2.05, 4.69) is 17.6 Å². The van der Waals surface area contributed by atoms with Crippen molar-refractivity contribution < 1.29 is 8.42 Å². The Hall–Kier alpha value is -0.950. The Labute approximate surface area is 127 Å². The predicted octanol–water partition coefficient (Wildman–Crippen LogP) is 1.12. The summed E-state index contributed by atoms with van der Waals surface area (Å²) in [5, 5.41) is 0. The summed E-state index contributed by atoms with van der Waals surface area (Å²) in [6.45, 7) is 1.26. The Morgan fingerprint density at radius 3 is 2.71 bits per heavy atom. The van der Waals surface area contributed by atoms with E-state index in [1.165, 1.54) is 11.8 Å². The van der Waals surface area contributed by atoms with Gasteiger partial charge in [0.1, 0.15) is 0 Å². The molecule has 1 heterocycles. The average molecular weight is 311 g/mol. The van der Waals surface area contributed by atoms with Crippen LogP contribution in [-0.2, 0) is 16.4 Å². The molecule has 5 nitrogen and oxygen atoms in total. The molecule has 1 fully saturated rings. The highest BCUT2D eigenvalue weighted by atomic mass is 32.2. The molecule has 2 rings (SSSR count). The van der Waals surface area contributed by atoms with Gasteiger partial charge in [-0.15, -0.1) is 0 Å². The maximum atomic E-state index is 11.7. The Bertz CT molecular complexity index is 533. The van der Waals surface area contributed by atoms with Gasteiger partial charge in [0.25, 0.3) is 0 Å². The van der Waals surface area contributed by atoms with E-state index >= 15 is 0 Å². The summed E-state index contributed by atoms with van der Waals surface area (Å²) >= 11 is 0. The van der Waals surface area contributed by atoms with Crippen molar-refractivity contribution in [3.63, 3.8) is 0 Å². The Morgan fingerprint density at radius 1 is 1.38 bits per heavy atom. The summed E-state index contributed by atoms with van der Waals surface area (Å²) < 4.78 is 24.9. The van der Waals surface area contributed by atoms with Crippen LogP contribution < -0.4 is 11.3 Å². The standard InChI is InChI=1S/C15H25N3O2S/c1-21(19,20)18-9-5-8-14(12-18)11-15(17-16)10-13-6-3-2-4-7-13/h2-4,6-7,14-15,17H,5,8-12,16H2,1H3. The van der Waals surface area contributed by atoms with E-state index in [1.54, 1.807) is 4.31 Å². The van der Waals surface area contributed by atoms with Crippen molar-refractivity contribution in [1.29, 1.82) is 0 Å². The van der Waals surface area contributed by atoms with Gasteiger partial charge < -0.3 is 0 Å². The topological polar surface area (TPSA) is 75.4 Å². The molecule has 118 valence electrons. The number of piperidine rings is 1. The molecule has 1 aliphatic rings. The zero-order chi connectivity index (χ0) is 15.3. The van der Waals surface area contributed by atoms with Crippen LogP contribution in [0.4, 0.5) is 0 Å². The van der Waals surface area contributed by atoms with Crippen LogP contribution in [0.5, 0.6) is 0 Å². The number of nitrogens with two attached hydrogens (primary N) is 1. The highest BCUT2D eigenvalue weighted by molar-refractivity contribution is 7.88. The maximum absolute atomic E-state index is 11.7. The van der Waals surface area contributed by atoms with Crippen LogP contribution in [0.2, 0.25) is 0 Å². The molecule has 0 bridgehead atoms. The van der Waals surface area contributed by atoms with Crippen molar-refractivity contribution in [2.24, 2.45) is 11.8 Å². The fourth-order valence-corrected chi connectivity index (χ4v) is 3.97. The van der Waals surface area contributed by atoms with Crippen LogP contribution >= 0.6 is 0 Å². The van der Waals surface area contributed by atoms with Crippen LogP contribution in [0, 0.1) is 5.92 Å². The third kappa shape index (κ3) is 5.07. The molecule has 0 aliphatic carbocycles. The number of hydrogen-bond donors (Lipinski definition) is 2. The summed E-state index contributed by atoms with van der Waals surface area (Å²) in [5.74, 6) is 6.05. The first-order valence-corrected chi connectivity index (χ1v) is 9.29. The Balaban J connectivity index is 1.92. The molecule has 0 amide bonds. The Morgan fingerprint density at radius 2 is 2.10 bits per heavy atom. The van der Waals surface area contributed by atoms with Crippen LogP contribution in [0.1, 0.15) is 24.8 Å². The van der Waals surface area contributed by atoms with Crippen LogP contribution in [0.15, 0.2) is 30.3 Å². The van der Waals surface area contributed by atoms with Crippen LogP contribution in [-0.4, -0.2) is 38.1 Å². The van der Waals surface area contributed by atoms with Crippen molar-refractivity contribution in [2.75, 3.05) is 19.3 Å². The molecule has 1 aliphatic heterocycles. The molecule has 6 heteroatoms. The van der Waals surface area contributed by atoms with E-state index in [0.717, 1.165) is 25.7 Å². The SMILES string of the molecule is CS(=O)(=O)N1CCCC(CC(Cc2ccccc2)NN)C1. The number of hydrazine groups is 1. The van der Waals surface area contributed by atoms with E-state index in [1.807, 2.05) is 18.2 Å². The molecule has 1 aromatic rings. The van der Waals surface area contributed by atoms with E-state index in [-0.39, 0.29) is 6.04 Å². The highest BCUT2D eigenvalue weighted by Gasteiger charge is 2.27. The maximum Gasteiger partial charge on any atom is 0.211 e. The van der Waals surface area contributed by atoms with Crippen molar-refractivity contribution >= 4 is 10.0 Å². The fraction of sp³-hybridized carbons (Fsp3) is 0.600. The van der Waals surface area contributed by atoms with Gasteiger partial charge >= 0.3 is 0 Å². The van der Waals surface area contributed by atoms with E-state index in [4.69, 9.17) is 5.84 Å². The second kappa shape index (κ2) is 7.35. The van der Waals surface area contributed by atoms with Gasteiger partial charge in [0.2, 0.25) is 10.0 Å². The van der Waals surface area contributed by atoms with Crippen LogP contribution in [0.25, 0.3) is 0 Å². The summed E-state index contributed by atoms with van der Waals surface area (Å²) in [6, 6.07) is 10.4. The molecular formula is C15H25N3O2S. The van der Waals surface area contributed by atoms with E-state index < -0.39 is 10.0 Å². The predicted molar refractivity (Wildman–Crippen MR) is 85.0 cm³/mol. The lowest BCUT2D eigenvalue weighted by atomic mass is 9.90. The summed E-state index contributed by atoms with van der Waals surface area (Å²) in [6.07, 6.45) is 5.06. The largest absolute Gasteiger partial charge is 0.271 e. The Kier molecular flexibility index (Phi) is 5.75. The van der Waals surface area contributed by atoms with Gasteiger partial charge in [-0.1, -0.05) is 30.3 Å². The van der Waals surface area contributed by atoms with Crippen molar-refractivity contribution in [3.8, 4) is 0 Å². The molecule has 0 aromatic heterocycles. The van der Waals surface area contributed by atoms with Gasteiger partial charge in [-0.3, -0.25) is 11.3 Å². The lowest BCUT2D eigenvalue weighted by molar-refractivity contribution is 0.237. The summed E-state index contributed by atoms with van der Waals surface area (Å²) in [7, 11) is -3.08. The van der Waals surface area contributed by atoms with Gasteiger partial charge in [-0.25, -0.2) is 12.7 Å². The zero-order valence-electron chi connectivity index (χ0n) is 12.5. The molecule has 1 aromatic carbocycles. The number of benzene rings is 1. The fourth-order valence-electron chi connectivity index (χ4n) is 3.03. The highest BCUT2D eigenvalue weighted by Crippen LogP contribution is 2.23. The van der Waals surface area contributed by atoms with E-state index in [9.17, 15) is 8.42 Å². The number of rotatable bonds is 6. The average Bonchev–Trinajstić information content (AvgIpc) is 2.47. The van der Waals surface area contributed by atoms with Crippen molar-refractivity contribution in [1.82, 2.24) is 9.73 Å². The minimum Gasteiger partial charge on any atom is -0.271 e. The number of hydrogen-bond acceptors (Lipinski definition) is 4. The van der Waals surface area contributed by atoms with Gasteiger partial charge in [-0.2, -0.15) is 0 Å². The second-order valence-corrected chi connectivity index (χ2v) is 7.90. The molecule has 3 N–H and O–H groups in total. The van der Waals surface area contributed by atoms with Crippen LogP contribution in [0.3, 0.4) is 0 Å². The normalized spacial score (nSPS) is 22.1. The third-order valence-corrected chi connectivity index (χ3v) is 5.40. The van der Waals surface area contributed by atoms with Gasteiger partial charge in [0.05, 0.1) is 6.26 Å². The lowest BCUT2D eigenvalue weighted by Gasteiger charge is -2.32. The minimum absolute atomic E-state index is 0.178.